The van der Waals surface area contributed by atoms with Crippen molar-refractivity contribution in [1.29, 1.82) is 10.5 Å². The predicted molar refractivity (Wildman–Crippen MR) is 95.6 cm³/mol. The third-order valence-corrected chi connectivity index (χ3v) is 3.66. The van der Waals surface area contributed by atoms with Gasteiger partial charge >= 0.3 is 5.97 Å². The number of nitrogens with zero attached hydrogens (tertiary/aromatic N) is 4. The van der Waals surface area contributed by atoms with Crippen molar-refractivity contribution < 1.29 is 9.53 Å². The van der Waals surface area contributed by atoms with Gasteiger partial charge in [0.15, 0.2) is 0 Å². The van der Waals surface area contributed by atoms with Crippen molar-refractivity contribution in [2.75, 3.05) is 6.61 Å². The quantitative estimate of drug-likeness (QED) is 0.581. The van der Waals surface area contributed by atoms with Crippen molar-refractivity contribution in [3.05, 3.63) is 65.2 Å². The summed E-state index contributed by atoms with van der Waals surface area (Å²) in [5, 5.41) is 26.4. The highest BCUT2D eigenvalue weighted by molar-refractivity contribution is 5.66. The summed E-state index contributed by atoms with van der Waals surface area (Å²) in [6.07, 6.45) is 0.492. The van der Waals surface area contributed by atoms with Gasteiger partial charge in [-0.05, 0) is 48.9 Å². The fourth-order valence-electron chi connectivity index (χ4n) is 2.29. The van der Waals surface area contributed by atoms with Crippen LogP contribution >= 0.6 is 0 Å². The summed E-state index contributed by atoms with van der Waals surface area (Å²) >= 11 is 0. The molecule has 130 valence electrons. The van der Waals surface area contributed by atoms with E-state index in [0.717, 1.165) is 5.56 Å². The molecular formula is C20H18N4O2. The van der Waals surface area contributed by atoms with Gasteiger partial charge in [0.2, 0.25) is 0 Å². The lowest BCUT2D eigenvalue weighted by atomic mass is 9.94. The summed E-state index contributed by atoms with van der Waals surface area (Å²) in [4.78, 5) is 11.2. The number of esters is 1. The SMILES string of the molecule is CC(=O)OC[C@@](C)(Cc1ccc(C#N)cc1)N=Nc1ccc(C#N)cc1. The molecule has 0 saturated heterocycles. The Hall–Kier alpha value is -3.51. The van der Waals surface area contributed by atoms with E-state index >= 15 is 0 Å². The Labute approximate surface area is 152 Å². The molecule has 2 aromatic carbocycles. The smallest absolute Gasteiger partial charge is 0.302 e. The first kappa shape index (κ1) is 18.8. The van der Waals surface area contributed by atoms with E-state index in [1.165, 1.54) is 6.92 Å². The number of carbonyl (C=O) groups is 1. The standard InChI is InChI=1S/C20H18N4O2/c1-15(25)26-14-20(2,11-16-3-5-17(12-21)6-4-16)24-23-19-9-7-18(13-22)8-10-19/h3-10H,11,14H2,1-2H3/t20-/m1/s1. The van der Waals surface area contributed by atoms with Crippen LogP contribution in [0.25, 0.3) is 0 Å². The van der Waals surface area contributed by atoms with Crippen LogP contribution in [0.5, 0.6) is 0 Å². The number of nitriles is 2. The summed E-state index contributed by atoms with van der Waals surface area (Å²) in [5.41, 5.74) is 1.93. The third-order valence-electron chi connectivity index (χ3n) is 3.66. The van der Waals surface area contributed by atoms with Gasteiger partial charge in [-0.3, -0.25) is 4.79 Å². The number of rotatable bonds is 6. The van der Waals surface area contributed by atoms with Gasteiger partial charge in [0.1, 0.15) is 12.1 Å². The molecule has 0 spiro atoms. The molecule has 6 nitrogen and oxygen atoms in total. The summed E-state index contributed by atoms with van der Waals surface area (Å²) in [6.45, 7) is 3.28. The van der Waals surface area contributed by atoms with Crippen molar-refractivity contribution in [1.82, 2.24) is 0 Å². The van der Waals surface area contributed by atoms with Gasteiger partial charge in [0.25, 0.3) is 0 Å². The molecule has 0 aromatic heterocycles. The third kappa shape index (κ3) is 5.54. The Kier molecular flexibility index (Phi) is 6.19. The van der Waals surface area contributed by atoms with Crippen molar-refractivity contribution in [2.24, 2.45) is 10.2 Å². The minimum absolute atomic E-state index is 0.0854. The highest BCUT2D eigenvalue weighted by atomic mass is 16.5. The maximum atomic E-state index is 11.2. The van der Waals surface area contributed by atoms with E-state index in [2.05, 4.69) is 16.3 Å². The van der Waals surface area contributed by atoms with E-state index in [-0.39, 0.29) is 12.6 Å². The van der Waals surface area contributed by atoms with Crippen LogP contribution in [0.2, 0.25) is 0 Å². The average Bonchev–Trinajstić information content (AvgIpc) is 2.66. The number of carbonyl (C=O) groups excluding carboxylic acids is 1. The summed E-state index contributed by atoms with van der Waals surface area (Å²) in [7, 11) is 0. The van der Waals surface area contributed by atoms with Crippen LogP contribution < -0.4 is 0 Å². The number of azo groups is 1. The number of hydrogen-bond acceptors (Lipinski definition) is 6. The second-order valence-electron chi connectivity index (χ2n) is 6.12. The Balaban J connectivity index is 2.21. The Morgan fingerprint density at radius 3 is 2.08 bits per heavy atom. The molecule has 0 heterocycles. The van der Waals surface area contributed by atoms with Gasteiger partial charge in [-0.15, -0.1) is 0 Å². The zero-order chi connectivity index (χ0) is 19.0. The van der Waals surface area contributed by atoms with Crippen LogP contribution in [-0.4, -0.2) is 18.1 Å². The zero-order valence-electron chi connectivity index (χ0n) is 14.6. The van der Waals surface area contributed by atoms with Gasteiger partial charge in [0, 0.05) is 13.3 Å². The van der Waals surface area contributed by atoms with Crippen LogP contribution in [0.3, 0.4) is 0 Å². The molecule has 0 aliphatic heterocycles. The first-order valence-corrected chi connectivity index (χ1v) is 7.99. The predicted octanol–water partition coefficient (Wildman–Crippen LogP) is 4.08. The van der Waals surface area contributed by atoms with E-state index in [1.54, 1.807) is 36.4 Å². The van der Waals surface area contributed by atoms with E-state index in [1.807, 2.05) is 25.1 Å². The van der Waals surface area contributed by atoms with Gasteiger partial charge in [-0.25, -0.2) is 0 Å². The lowest BCUT2D eigenvalue weighted by molar-refractivity contribution is -0.142. The van der Waals surface area contributed by atoms with Gasteiger partial charge < -0.3 is 4.74 Å². The molecule has 0 aliphatic rings. The highest BCUT2D eigenvalue weighted by Gasteiger charge is 2.26. The molecule has 6 heteroatoms. The van der Waals surface area contributed by atoms with Gasteiger partial charge in [0.05, 0.1) is 29.0 Å². The average molecular weight is 346 g/mol. The Bertz CT molecular complexity index is 874. The number of benzene rings is 2. The molecule has 2 rings (SSSR count). The minimum Gasteiger partial charge on any atom is -0.463 e. The van der Waals surface area contributed by atoms with E-state index < -0.39 is 5.54 Å². The molecule has 0 fully saturated rings. The molecular weight excluding hydrogens is 328 g/mol. The molecule has 0 unspecified atom stereocenters. The van der Waals surface area contributed by atoms with Crippen molar-refractivity contribution in [3.8, 4) is 12.1 Å². The lowest BCUT2D eigenvalue weighted by Crippen LogP contribution is -2.32. The molecule has 0 N–H and O–H groups in total. The van der Waals surface area contributed by atoms with Crippen LogP contribution in [-0.2, 0) is 16.0 Å². The monoisotopic (exact) mass is 346 g/mol. The van der Waals surface area contributed by atoms with Crippen LogP contribution in [0.1, 0.15) is 30.5 Å². The van der Waals surface area contributed by atoms with Crippen molar-refractivity contribution in [3.63, 3.8) is 0 Å². The Morgan fingerprint density at radius 2 is 1.58 bits per heavy atom. The second kappa shape index (κ2) is 8.55. The van der Waals surface area contributed by atoms with Crippen molar-refractivity contribution in [2.45, 2.75) is 25.8 Å². The number of hydrogen-bond donors (Lipinski definition) is 0. The fourth-order valence-corrected chi connectivity index (χ4v) is 2.29. The fraction of sp³-hybridized carbons (Fsp3) is 0.250. The Morgan fingerprint density at radius 1 is 1.04 bits per heavy atom. The van der Waals surface area contributed by atoms with Gasteiger partial charge in [-0.2, -0.15) is 20.8 Å². The van der Waals surface area contributed by atoms with E-state index in [4.69, 9.17) is 15.3 Å². The van der Waals surface area contributed by atoms with Crippen LogP contribution in [0.15, 0.2) is 58.8 Å². The first-order chi connectivity index (χ1) is 12.4. The summed E-state index contributed by atoms with van der Waals surface area (Å²) < 4.78 is 5.16. The zero-order valence-corrected chi connectivity index (χ0v) is 14.6. The molecule has 1 atom stereocenters. The van der Waals surface area contributed by atoms with Crippen LogP contribution in [0, 0.1) is 22.7 Å². The molecule has 0 aliphatic carbocycles. The summed E-state index contributed by atoms with van der Waals surface area (Å²) in [5.74, 6) is -0.385. The van der Waals surface area contributed by atoms with Gasteiger partial charge in [-0.1, -0.05) is 12.1 Å². The highest BCUT2D eigenvalue weighted by Crippen LogP contribution is 2.23. The summed E-state index contributed by atoms with van der Waals surface area (Å²) in [6, 6.07) is 18.0. The number of ether oxygens (including phenoxy) is 1. The molecule has 0 amide bonds. The largest absolute Gasteiger partial charge is 0.463 e. The molecule has 2 aromatic rings. The minimum atomic E-state index is -0.756. The maximum absolute atomic E-state index is 11.2. The normalized spacial score (nSPS) is 12.8. The van der Waals surface area contributed by atoms with E-state index in [9.17, 15) is 4.79 Å². The molecule has 0 bridgehead atoms. The second-order valence-corrected chi connectivity index (χ2v) is 6.12. The molecule has 0 saturated carbocycles. The topological polar surface area (TPSA) is 98.6 Å². The van der Waals surface area contributed by atoms with Crippen LogP contribution in [0.4, 0.5) is 5.69 Å². The maximum Gasteiger partial charge on any atom is 0.302 e. The molecule has 0 radical (unpaired) electrons. The lowest BCUT2D eigenvalue weighted by Gasteiger charge is -2.23. The van der Waals surface area contributed by atoms with E-state index in [0.29, 0.717) is 23.2 Å². The first-order valence-electron chi connectivity index (χ1n) is 7.99. The molecule has 26 heavy (non-hydrogen) atoms. The van der Waals surface area contributed by atoms with Crippen molar-refractivity contribution >= 4 is 11.7 Å².